The third-order valence-corrected chi connectivity index (χ3v) is 2.76. The first-order chi connectivity index (χ1) is 6.50. The van der Waals surface area contributed by atoms with E-state index in [2.05, 4.69) is 24.8 Å². The Morgan fingerprint density at radius 2 is 2.14 bits per heavy atom. The normalized spacial score (nSPS) is 27.6. The smallest absolute Gasteiger partial charge is 0.308 e. The maximum Gasteiger partial charge on any atom is 0.308 e. The van der Waals surface area contributed by atoms with Crippen molar-refractivity contribution in [2.24, 2.45) is 11.8 Å². The van der Waals surface area contributed by atoms with Gasteiger partial charge in [-0.25, -0.2) is 0 Å². The van der Waals surface area contributed by atoms with Gasteiger partial charge in [0.15, 0.2) is 0 Å². The predicted molar refractivity (Wildman–Crippen MR) is 56.2 cm³/mol. The van der Waals surface area contributed by atoms with Crippen LogP contribution >= 0.6 is 0 Å². The summed E-state index contributed by atoms with van der Waals surface area (Å²) in [6, 6.07) is 0. The lowest BCUT2D eigenvalue weighted by Gasteiger charge is -2.12. The second-order valence-corrected chi connectivity index (χ2v) is 4.42. The number of nitrogens with zero attached hydrogens (tertiary/aromatic N) is 1. The minimum atomic E-state index is -0.655. The molecule has 0 aromatic rings. The molecule has 1 rings (SSSR count). The molecule has 1 saturated heterocycles. The van der Waals surface area contributed by atoms with Crippen LogP contribution in [-0.4, -0.2) is 35.6 Å². The second kappa shape index (κ2) is 4.60. The highest BCUT2D eigenvalue weighted by atomic mass is 16.4. The molecule has 0 aliphatic carbocycles. The zero-order valence-corrected chi connectivity index (χ0v) is 9.16. The molecule has 1 N–H and O–H groups in total. The lowest BCUT2D eigenvalue weighted by atomic mass is 9.99. The quantitative estimate of drug-likeness (QED) is 0.699. The molecule has 1 aliphatic rings. The van der Waals surface area contributed by atoms with Crippen molar-refractivity contribution < 1.29 is 9.90 Å². The highest BCUT2D eigenvalue weighted by Gasteiger charge is 2.33. The Morgan fingerprint density at radius 1 is 1.50 bits per heavy atom. The van der Waals surface area contributed by atoms with E-state index in [1.165, 1.54) is 5.57 Å². The Hall–Kier alpha value is -0.830. The molecule has 3 heteroatoms. The van der Waals surface area contributed by atoms with Crippen molar-refractivity contribution in [2.45, 2.75) is 20.8 Å². The third-order valence-electron chi connectivity index (χ3n) is 2.76. The minimum absolute atomic E-state index is 0.180. The number of likely N-dealkylation sites (tertiary alicyclic amines) is 1. The summed E-state index contributed by atoms with van der Waals surface area (Å²) in [7, 11) is 0. The molecule has 1 heterocycles. The van der Waals surface area contributed by atoms with Gasteiger partial charge in [0, 0.05) is 19.6 Å². The molecule has 2 unspecified atom stereocenters. The molecule has 0 radical (unpaired) electrons. The van der Waals surface area contributed by atoms with Gasteiger partial charge < -0.3 is 5.11 Å². The standard InChI is InChI=1S/C11H19NO2/c1-8(2)4-5-12-6-9(3)10(7-12)11(13)14/h4,9-10H,5-7H2,1-3H3,(H,13,14). The summed E-state index contributed by atoms with van der Waals surface area (Å²) < 4.78 is 0. The third kappa shape index (κ3) is 2.84. The van der Waals surface area contributed by atoms with E-state index in [0.717, 1.165) is 13.1 Å². The maximum atomic E-state index is 10.9. The van der Waals surface area contributed by atoms with Crippen molar-refractivity contribution in [3.05, 3.63) is 11.6 Å². The average molecular weight is 197 g/mol. The summed E-state index contributed by atoms with van der Waals surface area (Å²) in [4.78, 5) is 13.1. The van der Waals surface area contributed by atoms with Gasteiger partial charge in [0.05, 0.1) is 5.92 Å². The molecule has 0 aromatic heterocycles. The van der Waals surface area contributed by atoms with E-state index in [-0.39, 0.29) is 11.8 Å². The Labute approximate surface area is 85.4 Å². The maximum absolute atomic E-state index is 10.9. The molecule has 0 bridgehead atoms. The van der Waals surface area contributed by atoms with Crippen molar-refractivity contribution in [3.8, 4) is 0 Å². The van der Waals surface area contributed by atoms with Crippen LogP contribution < -0.4 is 0 Å². The first-order valence-electron chi connectivity index (χ1n) is 5.09. The number of carboxylic acids is 1. The minimum Gasteiger partial charge on any atom is -0.481 e. The topological polar surface area (TPSA) is 40.5 Å². The number of carbonyl (C=O) groups is 1. The summed E-state index contributed by atoms with van der Waals surface area (Å²) in [6.07, 6.45) is 2.15. The summed E-state index contributed by atoms with van der Waals surface area (Å²) in [6.45, 7) is 8.63. The first kappa shape index (κ1) is 11.2. The van der Waals surface area contributed by atoms with Crippen LogP contribution in [0.2, 0.25) is 0 Å². The van der Waals surface area contributed by atoms with Crippen LogP contribution in [-0.2, 0) is 4.79 Å². The highest BCUT2D eigenvalue weighted by molar-refractivity contribution is 5.71. The number of rotatable bonds is 3. The van der Waals surface area contributed by atoms with Crippen LogP contribution in [0.1, 0.15) is 20.8 Å². The van der Waals surface area contributed by atoms with Crippen molar-refractivity contribution in [1.29, 1.82) is 0 Å². The molecule has 0 spiro atoms. The number of hydrogen-bond acceptors (Lipinski definition) is 2. The Balaban J connectivity index is 2.47. The Kier molecular flexibility index (Phi) is 3.69. The molecule has 2 atom stereocenters. The summed E-state index contributed by atoms with van der Waals surface area (Å²) in [5, 5.41) is 8.94. The van der Waals surface area contributed by atoms with Gasteiger partial charge in [0.2, 0.25) is 0 Å². The van der Waals surface area contributed by atoms with Gasteiger partial charge >= 0.3 is 5.97 Å². The zero-order chi connectivity index (χ0) is 10.7. The number of carboxylic acid groups (broad SMARTS) is 1. The monoisotopic (exact) mass is 197 g/mol. The summed E-state index contributed by atoms with van der Waals surface area (Å²) >= 11 is 0. The van der Waals surface area contributed by atoms with E-state index in [9.17, 15) is 4.79 Å². The first-order valence-corrected chi connectivity index (χ1v) is 5.09. The fraction of sp³-hybridized carbons (Fsp3) is 0.727. The highest BCUT2D eigenvalue weighted by Crippen LogP contribution is 2.22. The molecule has 80 valence electrons. The van der Waals surface area contributed by atoms with Crippen molar-refractivity contribution in [2.75, 3.05) is 19.6 Å². The SMILES string of the molecule is CC(C)=CCN1CC(C)C(C(=O)O)C1. The van der Waals surface area contributed by atoms with Crippen molar-refractivity contribution in [1.82, 2.24) is 4.90 Å². The zero-order valence-electron chi connectivity index (χ0n) is 9.16. The fourth-order valence-electron chi connectivity index (χ4n) is 1.85. The van der Waals surface area contributed by atoms with Crippen LogP contribution in [0, 0.1) is 11.8 Å². The fourth-order valence-corrected chi connectivity index (χ4v) is 1.85. The van der Waals surface area contributed by atoms with Gasteiger partial charge in [0.1, 0.15) is 0 Å². The molecule has 1 fully saturated rings. The molecule has 0 saturated carbocycles. The van der Waals surface area contributed by atoms with Crippen LogP contribution in [0.4, 0.5) is 0 Å². The van der Waals surface area contributed by atoms with Gasteiger partial charge in [-0.05, 0) is 19.8 Å². The molecule has 14 heavy (non-hydrogen) atoms. The lowest BCUT2D eigenvalue weighted by molar-refractivity contribution is -0.142. The second-order valence-electron chi connectivity index (χ2n) is 4.42. The molecule has 3 nitrogen and oxygen atoms in total. The summed E-state index contributed by atoms with van der Waals surface area (Å²) in [5.41, 5.74) is 1.29. The van der Waals surface area contributed by atoms with E-state index in [0.29, 0.717) is 6.54 Å². The van der Waals surface area contributed by atoms with Gasteiger partial charge in [-0.1, -0.05) is 18.6 Å². The number of allylic oxidation sites excluding steroid dienone is 1. The van der Waals surface area contributed by atoms with E-state index in [4.69, 9.17) is 5.11 Å². The van der Waals surface area contributed by atoms with Crippen LogP contribution in [0.5, 0.6) is 0 Å². The Morgan fingerprint density at radius 3 is 2.57 bits per heavy atom. The van der Waals surface area contributed by atoms with Gasteiger partial charge in [-0.15, -0.1) is 0 Å². The molecule has 0 amide bonds. The molecular weight excluding hydrogens is 178 g/mol. The molecule has 0 aromatic carbocycles. The number of aliphatic carboxylic acids is 1. The van der Waals surface area contributed by atoms with Crippen molar-refractivity contribution in [3.63, 3.8) is 0 Å². The Bertz CT molecular complexity index is 244. The number of hydrogen-bond donors (Lipinski definition) is 1. The lowest BCUT2D eigenvalue weighted by Crippen LogP contribution is -2.23. The van der Waals surface area contributed by atoms with E-state index < -0.39 is 5.97 Å². The van der Waals surface area contributed by atoms with Gasteiger partial charge in [0.25, 0.3) is 0 Å². The van der Waals surface area contributed by atoms with Gasteiger partial charge in [-0.3, -0.25) is 9.69 Å². The van der Waals surface area contributed by atoms with E-state index in [1.807, 2.05) is 6.92 Å². The van der Waals surface area contributed by atoms with E-state index >= 15 is 0 Å². The average Bonchev–Trinajstić information content (AvgIpc) is 2.43. The largest absolute Gasteiger partial charge is 0.481 e. The van der Waals surface area contributed by atoms with Crippen LogP contribution in [0.3, 0.4) is 0 Å². The van der Waals surface area contributed by atoms with Crippen LogP contribution in [0.25, 0.3) is 0 Å². The van der Waals surface area contributed by atoms with Crippen LogP contribution in [0.15, 0.2) is 11.6 Å². The predicted octanol–water partition coefficient (Wildman–Crippen LogP) is 1.61. The molecular formula is C11H19NO2. The summed E-state index contributed by atoms with van der Waals surface area (Å²) in [5.74, 6) is -0.559. The molecule has 1 aliphatic heterocycles. The van der Waals surface area contributed by atoms with E-state index in [1.54, 1.807) is 0 Å². The van der Waals surface area contributed by atoms with Gasteiger partial charge in [-0.2, -0.15) is 0 Å². The van der Waals surface area contributed by atoms with Crippen molar-refractivity contribution >= 4 is 5.97 Å².